The van der Waals surface area contributed by atoms with Gasteiger partial charge < -0.3 is 10.2 Å². The minimum atomic E-state index is -0.321. The molecular weight excluding hydrogens is 170 g/mol. The number of rotatable bonds is 2. The molecule has 0 saturated carbocycles. The molecule has 2 rings (SSSR count). The van der Waals surface area contributed by atoms with Gasteiger partial charge in [0, 0.05) is 6.20 Å². The third-order valence-corrected chi connectivity index (χ3v) is 1.59. The van der Waals surface area contributed by atoms with E-state index in [2.05, 4.69) is 9.97 Å². The number of hydrogen-bond donors (Lipinski definition) is 1. The molecule has 5 nitrogen and oxygen atoms in total. The lowest BCUT2D eigenvalue weighted by Gasteiger charge is -1.85. The molecule has 0 radical (unpaired) electrons. The van der Waals surface area contributed by atoms with Crippen LogP contribution in [0.2, 0.25) is 0 Å². The number of nitrogens with two attached hydrogens (primary N) is 1. The molecule has 0 aliphatic rings. The maximum atomic E-state index is 11.1. The van der Waals surface area contributed by atoms with Crippen molar-refractivity contribution in [1.29, 1.82) is 0 Å². The summed E-state index contributed by atoms with van der Waals surface area (Å²) in [6, 6.07) is 3.45. The van der Waals surface area contributed by atoms with E-state index < -0.39 is 0 Å². The predicted molar refractivity (Wildman–Crippen MR) is 45.2 cm³/mol. The summed E-state index contributed by atoms with van der Waals surface area (Å²) in [5, 5.41) is 0. The summed E-state index contributed by atoms with van der Waals surface area (Å²) in [6.45, 7) is -0.104. The highest BCUT2D eigenvalue weighted by Crippen LogP contribution is 2.11. The van der Waals surface area contributed by atoms with Crippen LogP contribution < -0.4 is 5.73 Å². The number of carbonyl (C=O) groups excluding carboxylic acids is 1. The van der Waals surface area contributed by atoms with Gasteiger partial charge in [-0.3, -0.25) is 4.79 Å². The van der Waals surface area contributed by atoms with E-state index in [-0.39, 0.29) is 18.2 Å². The molecule has 0 aliphatic carbocycles. The predicted octanol–water partition coefficient (Wildman–Crippen LogP) is 0.364. The van der Waals surface area contributed by atoms with Gasteiger partial charge in [0.1, 0.15) is 5.52 Å². The van der Waals surface area contributed by atoms with Gasteiger partial charge in [-0.2, -0.15) is 0 Å². The highest BCUT2D eigenvalue weighted by atomic mass is 16.4. The summed E-state index contributed by atoms with van der Waals surface area (Å²) in [6.07, 6.45) is 1.57. The molecule has 2 N–H and O–H groups in total. The van der Waals surface area contributed by atoms with Gasteiger partial charge in [0.15, 0.2) is 0 Å². The van der Waals surface area contributed by atoms with Crippen molar-refractivity contribution in [3.05, 3.63) is 24.2 Å². The van der Waals surface area contributed by atoms with Crippen LogP contribution in [0.15, 0.2) is 22.7 Å². The monoisotopic (exact) mass is 177 g/mol. The Morgan fingerprint density at radius 1 is 1.62 bits per heavy atom. The molecule has 0 fully saturated rings. The minimum absolute atomic E-state index is 0.0243. The number of nitrogens with zero attached hydrogens (tertiary/aromatic N) is 2. The molecule has 2 aromatic rings. The third kappa shape index (κ3) is 1.29. The van der Waals surface area contributed by atoms with Crippen LogP contribution in [-0.2, 0) is 0 Å². The Balaban J connectivity index is 2.56. The normalized spacial score (nSPS) is 10.5. The van der Waals surface area contributed by atoms with Gasteiger partial charge in [0.25, 0.3) is 5.89 Å². The van der Waals surface area contributed by atoms with E-state index in [1.54, 1.807) is 18.3 Å². The number of aromatic nitrogens is 2. The minimum Gasteiger partial charge on any atom is -0.415 e. The van der Waals surface area contributed by atoms with Crippen LogP contribution >= 0.6 is 0 Å². The number of oxazole rings is 1. The highest BCUT2D eigenvalue weighted by molar-refractivity contribution is 5.94. The van der Waals surface area contributed by atoms with Crippen LogP contribution in [0.4, 0.5) is 0 Å². The maximum absolute atomic E-state index is 11.1. The van der Waals surface area contributed by atoms with Crippen molar-refractivity contribution in [3.8, 4) is 0 Å². The van der Waals surface area contributed by atoms with Gasteiger partial charge in [-0.05, 0) is 12.1 Å². The molecule has 2 aromatic heterocycles. The van der Waals surface area contributed by atoms with E-state index >= 15 is 0 Å². The summed E-state index contributed by atoms with van der Waals surface area (Å²) >= 11 is 0. The molecule has 0 aromatic carbocycles. The first-order chi connectivity index (χ1) is 6.31. The first kappa shape index (κ1) is 7.88. The zero-order chi connectivity index (χ0) is 9.26. The average Bonchev–Trinajstić information content (AvgIpc) is 2.59. The lowest BCUT2D eigenvalue weighted by molar-refractivity contribution is 0.0970. The number of carbonyl (C=O) groups is 1. The fourth-order valence-corrected chi connectivity index (χ4v) is 0.976. The Bertz CT molecular complexity index is 416. The fourth-order valence-electron chi connectivity index (χ4n) is 0.976. The Labute approximate surface area is 73.6 Å². The van der Waals surface area contributed by atoms with E-state index in [4.69, 9.17) is 10.2 Å². The summed E-state index contributed by atoms with van der Waals surface area (Å²) in [5.41, 5.74) is 6.09. The smallest absolute Gasteiger partial charge is 0.267 e. The zero-order valence-corrected chi connectivity index (χ0v) is 6.73. The maximum Gasteiger partial charge on any atom is 0.267 e. The quantitative estimate of drug-likeness (QED) is 0.670. The van der Waals surface area contributed by atoms with E-state index in [1.807, 2.05) is 0 Å². The zero-order valence-electron chi connectivity index (χ0n) is 6.73. The fraction of sp³-hybridized carbons (Fsp3) is 0.125. The Hall–Kier alpha value is -1.75. The van der Waals surface area contributed by atoms with Crippen molar-refractivity contribution in [1.82, 2.24) is 9.97 Å². The van der Waals surface area contributed by atoms with Crippen molar-refractivity contribution in [2.75, 3.05) is 6.54 Å². The van der Waals surface area contributed by atoms with E-state index in [0.29, 0.717) is 11.2 Å². The van der Waals surface area contributed by atoms with Crippen LogP contribution in [-0.4, -0.2) is 22.3 Å². The Morgan fingerprint density at radius 2 is 2.46 bits per heavy atom. The topological polar surface area (TPSA) is 82.0 Å². The summed E-state index contributed by atoms with van der Waals surface area (Å²) < 4.78 is 5.07. The molecule has 5 heteroatoms. The third-order valence-electron chi connectivity index (χ3n) is 1.59. The van der Waals surface area contributed by atoms with Gasteiger partial charge in [-0.25, -0.2) is 9.97 Å². The lowest BCUT2D eigenvalue weighted by atomic mass is 10.4. The summed E-state index contributed by atoms with van der Waals surface area (Å²) in [4.78, 5) is 18.9. The summed E-state index contributed by atoms with van der Waals surface area (Å²) in [7, 11) is 0. The molecule has 66 valence electrons. The van der Waals surface area contributed by atoms with Crippen molar-refractivity contribution >= 4 is 17.0 Å². The first-order valence-electron chi connectivity index (χ1n) is 3.76. The molecule has 0 bridgehead atoms. The molecular formula is C8H7N3O2. The first-order valence-corrected chi connectivity index (χ1v) is 3.76. The van der Waals surface area contributed by atoms with Gasteiger partial charge in [-0.1, -0.05) is 0 Å². The number of ketones is 1. The van der Waals surface area contributed by atoms with E-state index in [0.717, 1.165) is 0 Å². The van der Waals surface area contributed by atoms with Gasteiger partial charge >= 0.3 is 0 Å². The Morgan fingerprint density at radius 3 is 3.15 bits per heavy atom. The standard InChI is InChI=1S/C8H7N3O2/c9-4-6(12)8-11-5-2-1-3-10-7(5)13-8/h1-3H,4,9H2. The van der Waals surface area contributed by atoms with Crippen LogP contribution in [0.25, 0.3) is 11.2 Å². The van der Waals surface area contributed by atoms with Crippen LogP contribution in [0.3, 0.4) is 0 Å². The van der Waals surface area contributed by atoms with Crippen molar-refractivity contribution < 1.29 is 9.21 Å². The molecule has 0 saturated heterocycles. The largest absolute Gasteiger partial charge is 0.415 e. The molecule has 0 unspecified atom stereocenters. The molecule has 13 heavy (non-hydrogen) atoms. The second kappa shape index (κ2) is 2.95. The van der Waals surface area contributed by atoms with Crippen LogP contribution in [0.1, 0.15) is 10.7 Å². The Kier molecular flexibility index (Phi) is 1.79. The number of pyridine rings is 1. The van der Waals surface area contributed by atoms with E-state index in [9.17, 15) is 4.79 Å². The highest BCUT2D eigenvalue weighted by Gasteiger charge is 2.12. The van der Waals surface area contributed by atoms with Gasteiger partial charge in [0.05, 0.1) is 6.54 Å². The van der Waals surface area contributed by atoms with Crippen molar-refractivity contribution in [2.45, 2.75) is 0 Å². The number of hydrogen-bond acceptors (Lipinski definition) is 5. The molecule has 0 aliphatic heterocycles. The summed E-state index contributed by atoms with van der Waals surface area (Å²) in [5.74, 6) is -0.297. The van der Waals surface area contributed by atoms with Gasteiger partial charge in [-0.15, -0.1) is 0 Å². The van der Waals surface area contributed by atoms with E-state index in [1.165, 1.54) is 0 Å². The molecule has 0 spiro atoms. The van der Waals surface area contributed by atoms with Gasteiger partial charge in [0.2, 0.25) is 11.5 Å². The average molecular weight is 177 g/mol. The molecule has 2 heterocycles. The SMILES string of the molecule is NCC(=O)c1nc2cccnc2o1. The van der Waals surface area contributed by atoms with Crippen molar-refractivity contribution in [2.24, 2.45) is 5.73 Å². The van der Waals surface area contributed by atoms with Crippen LogP contribution in [0, 0.1) is 0 Å². The lowest BCUT2D eigenvalue weighted by Crippen LogP contribution is -2.13. The number of fused-ring (bicyclic) bond motifs is 1. The van der Waals surface area contributed by atoms with Crippen LogP contribution in [0.5, 0.6) is 0 Å². The number of Topliss-reactive ketones (excluding diaryl/α,β-unsaturated/α-hetero) is 1. The molecule has 0 amide bonds. The second-order valence-electron chi connectivity index (χ2n) is 2.47. The van der Waals surface area contributed by atoms with Crippen molar-refractivity contribution in [3.63, 3.8) is 0 Å². The molecule has 0 atom stereocenters. The second-order valence-corrected chi connectivity index (χ2v) is 2.47.